The van der Waals surface area contributed by atoms with Crippen LogP contribution in [0.4, 0.5) is 5.69 Å². The second kappa shape index (κ2) is 7.39. The van der Waals surface area contributed by atoms with Crippen LogP contribution in [-0.2, 0) is 21.2 Å². The summed E-state index contributed by atoms with van der Waals surface area (Å²) in [7, 11) is -3.39. The van der Waals surface area contributed by atoms with Gasteiger partial charge in [-0.2, -0.15) is 0 Å². The molecule has 2 aromatic rings. The van der Waals surface area contributed by atoms with Crippen molar-refractivity contribution >= 4 is 27.5 Å². The van der Waals surface area contributed by atoms with Crippen LogP contribution in [-0.4, -0.2) is 39.1 Å². The average Bonchev–Trinajstić information content (AvgIpc) is 2.96. The lowest BCUT2D eigenvalue weighted by molar-refractivity contribution is 0.0474. The monoisotopic (exact) mass is 401 g/mol. The van der Waals surface area contributed by atoms with E-state index in [1.165, 1.54) is 16.6 Å². The van der Waals surface area contributed by atoms with Crippen molar-refractivity contribution in [1.29, 1.82) is 0 Å². The van der Waals surface area contributed by atoms with Gasteiger partial charge in [0.2, 0.25) is 15.8 Å². The molecule has 0 aliphatic carbocycles. The third-order valence-corrected chi connectivity index (χ3v) is 6.12. The average molecular weight is 401 g/mol. The Morgan fingerprint density at radius 1 is 1.14 bits per heavy atom. The summed E-state index contributed by atoms with van der Waals surface area (Å²) in [5, 5.41) is 0. The topological polar surface area (TPSA) is 80.8 Å². The Hall–Kier alpha value is -2.67. The summed E-state index contributed by atoms with van der Waals surface area (Å²) < 4.78 is 30.5. The van der Waals surface area contributed by atoms with Crippen LogP contribution < -0.4 is 4.31 Å². The number of esters is 1. The van der Waals surface area contributed by atoms with Gasteiger partial charge in [-0.25, -0.2) is 13.2 Å². The maximum absolute atomic E-state index is 12.4. The number of fused-ring (bicyclic) bond motifs is 1. The highest BCUT2D eigenvalue weighted by Gasteiger charge is 2.33. The summed E-state index contributed by atoms with van der Waals surface area (Å²) in [6, 6.07) is 10.1. The van der Waals surface area contributed by atoms with E-state index in [2.05, 4.69) is 0 Å². The fraction of sp³-hybridized carbons (Fsp3) is 0.333. The lowest BCUT2D eigenvalue weighted by atomic mass is 10.0. The lowest BCUT2D eigenvalue weighted by Gasteiger charge is -2.21. The maximum atomic E-state index is 12.4. The Kier molecular flexibility index (Phi) is 5.30. The fourth-order valence-electron chi connectivity index (χ4n) is 3.56. The molecule has 3 rings (SSSR count). The molecule has 0 unspecified atom stereocenters. The number of ketones is 1. The van der Waals surface area contributed by atoms with Crippen molar-refractivity contribution in [3.05, 3.63) is 64.2 Å². The van der Waals surface area contributed by atoms with E-state index < -0.39 is 16.0 Å². The number of ether oxygens (including phenoxy) is 1. The van der Waals surface area contributed by atoms with Crippen molar-refractivity contribution in [1.82, 2.24) is 0 Å². The first-order chi connectivity index (χ1) is 13.1. The van der Waals surface area contributed by atoms with Gasteiger partial charge in [0.1, 0.15) is 0 Å². The van der Waals surface area contributed by atoms with Crippen LogP contribution in [0.2, 0.25) is 0 Å². The number of sulfonamides is 1. The third-order valence-electron chi connectivity index (χ3n) is 4.85. The van der Waals surface area contributed by atoms with Gasteiger partial charge in [0.15, 0.2) is 6.61 Å². The zero-order valence-corrected chi connectivity index (χ0v) is 17.2. The van der Waals surface area contributed by atoms with Gasteiger partial charge in [-0.1, -0.05) is 17.7 Å². The molecule has 7 heteroatoms. The molecule has 28 heavy (non-hydrogen) atoms. The van der Waals surface area contributed by atoms with Gasteiger partial charge < -0.3 is 4.74 Å². The highest BCUT2D eigenvalue weighted by Crippen LogP contribution is 2.34. The van der Waals surface area contributed by atoms with Crippen LogP contribution >= 0.6 is 0 Å². The Morgan fingerprint density at radius 3 is 2.54 bits per heavy atom. The second-order valence-electron chi connectivity index (χ2n) is 7.27. The first kappa shape index (κ1) is 20.1. The van der Waals surface area contributed by atoms with Crippen LogP contribution in [0.5, 0.6) is 0 Å². The van der Waals surface area contributed by atoms with Crippen LogP contribution in [0, 0.1) is 13.8 Å². The Bertz CT molecular complexity index is 1060. The summed E-state index contributed by atoms with van der Waals surface area (Å²) in [6.07, 6.45) is 1.69. The molecule has 0 bridgehead atoms. The molecular weight excluding hydrogens is 378 g/mol. The predicted octanol–water partition coefficient (Wildman–Crippen LogP) is 3.05. The molecule has 1 aliphatic rings. The van der Waals surface area contributed by atoms with Gasteiger partial charge >= 0.3 is 5.97 Å². The molecule has 0 amide bonds. The van der Waals surface area contributed by atoms with Crippen LogP contribution in [0.25, 0.3) is 0 Å². The smallest absolute Gasteiger partial charge is 0.338 e. The molecule has 0 fully saturated rings. The van der Waals surface area contributed by atoms with Crippen molar-refractivity contribution < 1.29 is 22.7 Å². The van der Waals surface area contributed by atoms with Crippen molar-refractivity contribution in [2.24, 2.45) is 0 Å². The number of hydrogen-bond donors (Lipinski definition) is 0. The fourth-order valence-corrected chi connectivity index (χ4v) is 4.83. The molecule has 1 heterocycles. The number of hydrogen-bond acceptors (Lipinski definition) is 5. The zero-order valence-electron chi connectivity index (χ0n) is 16.4. The van der Waals surface area contributed by atoms with E-state index in [0.717, 1.165) is 16.7 Å². The Balaban J connectivity index is 1.73. The van der Waals surface area contributed by atoms with E-state index in [-0.39, 0.29) is 18.4 Å². The first-order valence-electron chi connectivity index (χ1n) is 8.98. The Morgan fingerprint density at radius 2 is 1.86 bits per heavy atom. The minimum absolute atomic E-state index is 0.206. The van der Waals surface area contributed by atoms with Gasteiger partial charge in [0, 0.05) is 11.6 Å². The lowest BCUT2D eigenvalue weighted by Crippen LogP contribution is -2.34. The van der Waals surface area contributed by atoms with E-state index in [1.54, 1.807) is 18.2 Å². The van der Waals surface area contributed by atoms with E-state index >= 15 is 0 Å². The van der Waals surface area contributed by atoms with Crippen LogP contribution in [0.3, 0.4) is 0 Å². The normalized spacial score (nSPS) is 16.0. The zero-order chi connectivity index (χ0) is 20.6. The predicted molar refractivity (Wildman–Crippen MR) is 107 cm³/mol. The van der Waals surface area contributed by atoms with Gasteiger partial charge in [-0.15, -0.1) is 0 Å². The Labute approximate surface area is 165 Å². The van der Waals surface area contributed by atoms with Crippen LogP contribution in [0.1, 0.15) is 44.3 Å². The van der Waals surface area contributed by atoms with Crippen molar-refractivity contribution in [2.45, 2.75) is 33.2 Å². The number of rotatable bonds is 5. The summed E-state index contributed by atoms with van der Waals surface area (Å²) in [4.78, 5) is 24.8. The molecule has 0 spiro atoms. The maximum Gasteiger partial charge on any atom is 0.338 e. The number of nitrogens with zero attached hydrogens (tertiary/aromatic N) is 1. The molecule has 0 saturated carbocycles. The number of anilines is 1. The van der Waals surface area contributed by atoms with E-state index in [9.17, 15) is 18.0 Å². The van der Waals surface area contributed by atoms with Crippen molar-refractivity contribution in [3.8, 4) is 0 Å². The molecule has 0 aromatic heterocycles. The minimum atomic E-state index is -3.39. The van der Waals surface area contributed by atoms with E-state index in [1.807, 2.05) is 32.9 Å². The molecule has 6 nitrogen and oxygen atoms in total. The number of Topliss-reactive ketones (excluding diaryl/α,β-unsaturated/α-hetero) is 1. The summed E-state index contributed by atoms with van der Waals surface area (Å²) in [6.45, 7) is 5.21. The molecule has 0 saturated heterocycles. The quantitative estimate of drug-likeness (QED) is 0.568. The van der Waals surface area contributed by atoms with Crippen molar-refractivity contribution in [3.63, 3.8) is 0 Å². The summed E-state index contributed by atoms with van der Waals surface area (Å²) >= 11 is 0. The number of aryl methyl sites for hydroxylation is 2. The number of benzene rings is 2. The van der Waals surface area contributed by atoms with Crippen LogP contribution in [0.15, 0.2) is 36.4 Å². The highest BCUT2D eigenvalue weighted by molar-refractivity contribution is 7.92. The molecule has 1 aliphatic heterocycles. The van der Waals surface area contributed by atoms with E-state index in [4.69, 9.17) is 4.74 Å². The molecule has 148 valence electrons. The summed E-state index contributed by atoms with van der Waals surface area (Å²) in [5.41, 5.74) is 3.99. The van der Waals surface area contributed by atoms with Gasteiger partial charge in [-0.3, -0.25) is 9.10 Å². The van der Waals surface area contributed by atoms with E-state index in [0.29, 0.717) is 23.2 Å². The highest BCUT2D eigenvalue weighted by atomic mass is 32.2. The molecule has 1 atom stereocenters. The molecule has 0 N–H and O–H groups in total. The second-order valence-corrected chi connectivity index (χ2v) is 9.13. The standard InChI is InChI=1S/C21H23NO5S/c1-13-5-6-14(2)18(9-13)20(23)12-27-21(24)16-7-8-19-17(11-16)10-15(3)22(19)28(4,25)26/h5-9,11,15H,10,12H2,1-4H3/t15-/m0/s1. The largest absolute Gasteiger partial charge is 0.454 e. The molecular formula is C21H23NO5S. The first-order valence-corrected chi connectivity index (χ1v) is 10.8. The third kappa shape index (κ3) is 3.94. The van der Waals surface area contributed by atoms with Gasteiger partial charge in [-0.05, 0) is 62.6 Å². The number of carbonyl (C=O) groups is 2. The van der Waals surface area contributed by atoms with Gasteiger partial charge in [0.05, 0.1) is 17.5 Å². The molecule has 0 radical (unpaired) electrons. The minimum Gasteiger partial charge on any atom is -0.454 e. The summed E-state index contributed by atoms with van der Waals surface area (Å²) in [5.74, 6) is -0.862. The number of carbonyl (C=O) groups excluding carboxylic acids is 2. The molecule has 2 aromatic carbocycles. The SMILES string of the molecule is Cc1ccc(C)c(C(=O)COC(=O)c2ccc3c(c2)C[C@H](C)N3S(C)(=O)=O)c1. The van der Waals surface area contributed by atoms with Crippen molar-refractivity contribution in [2.75, 3.05) is 17.2 Å². The van der Waals surface area contributed by atoms with Gasteiger partial charge in [0.25, 0.3) is 0 Å².